The molecular weight excluding hydrogens is 446 g/mol. The van der Waals surface area contributed by atoms with E-state index in [9.17, 15) is 14.4 Å². The summed E-state index contributed by atoms with van der Waals surface area (Å²) in [5, 5.41) is 2.78. The fraction of sp³-hybridized carbons (Fsp3) is 0.130. The van der Waals surface area contributed by atoms with E-state index < -0.39 is 5.91 Å². The summed E-state index contributed by atoms with van der Waals surface area (Å²) < 4.78 is 5.49. The maximum atomic E-state index is 13.4. The van der Waals surface area contributed by atoms with Gasteiger partial charge in [-0.05, 0) is 30.3 Å². The minimum Gasteiger partial charge on any atom is -0.497 e. The van der Waals surface area contributed by atoms with Crippen molar-refractivity contribution in [3.8, 4) is 5.75 Å². The third-order valence-electron chi connectivity index (χ3n) is 4.99. The van der Waals surface area contributed by atoms with Gasteiger partial charge in [0.25, 0.3) is 11.8 Å². The molecule has 2 aliphatic rings. The van der Waals surface area contributed by atoms with Crippen molar-refractivity contribution in [3.05, 3.63) is 71.7 Å². The van der Waals surface area contributed by atoms with Gasteiger partial charge in [-0.3, -0.25) is 24.2 Å². The van der Waals surface area contributed by atoms with Gasteiger partial charge in [0.1, 0.15) is 16.6 Å². The van der Waals surface area contributed by atoms with Crippen molar-refractivity contribution in [2.24, 2.45) is 0 Å². The summed E-state index contributed by atoms with van der Waals surface area (Å²) in [6, 6.07) is 14.0. The zero-order valence-electron chi connectivity index (χ0n) is 17.2. The number of anilines is 2. The Bertz CT molecular complexity index is 1170. The Morgan fingerprint density at radius 2 is 1.84 bits per heavy atom. The number of thioether (sulfide) groups is 1. The molecule has 3 amide bonds. The predicted molar refractivity (Wildman–Crippen MR) is 129 cm³/mol. The number of thiocarbonyl (C=S) groups is 1. The predicted octanol–water partition coefficient (Wildman–Crippen LogP) is 3.44. The number of methoxy groups -OCH3 is 1. The Kier molecular flexibility index (Phi) is 6.11. The highest BCUT2D eigenvalue weighted by Crippen LogP contribution is 2.44. The fourth-order valence-corrected chi connectivity index (χ4v) is 4.86. The van der Waals surface area contributed by atoms with E-state index in [0.717, 1.165) is 11.8 Å². The quantitative estimate of drug-likeness (QED) is 0.400. The molecule has 0 unspecified atom stereocenters. The molecule has 9 heteroatoms. The van der Waals surface area contributed by atoms with Gasteiger partial charge in [-0.25, -0.2) is 0 Å². The van der Waals surface area contributed by atoms with Crippen LogP contribution < -0.4 is 15.0 Å². The van der Waals surface area contributed by atoms with Gasteiger partial charge in [0, 0.05) is 17.8 Å². The largest absolute Gasteiger partial charge is 0.497 e. The van der Waals surface area contributed by atoms with Crippen molar-refractivity contribution >= 4 is 63.0 Å². The maximum Gasteiger partial charge on any atom is 0.267 e. The van der Waals surface area contributed by atoms with Gasteiger partial charge in [-0.2, -0.15) is 0 Å². The summed E-state index contributed by atoms with van der Waals surface area (Å²) in [6.07, 6.45) is 1.58. The highest BCUT2D eigenvalue weighted by molar-refractivity contribution is 8.26. The third-order valence-corrected chi connectivity index (χ3v) is 6.43. The lowest BCUT2D eigenvalue weighted by molar-refractivity contribution is -0.122. The minimum atomic E-state index is -0.407. The van der Waals surface area contributed by atoms with Crippen LogP contribution in [0, 0.1) is 0 Å². The number of fused-ring (bicyclic) bond motifs is 1. The standard InChI is InChI=1S/C23H19N3O4S2/c1-3-12-25-22(29)20(32-23(25)31)19-16-6-4-5-7-17(16)26(21(19)28)13-18(27)24-14-8-10-15(30-2)11-9-14/h3-11H,1,12-13H2,2H3,(H,24,27)/b20-19-. The topological polar surface area (TPSA) is 79.0 Å². The van der Waals surface area contributed by atoms with Crippen molar-refractivity contribution in [3.63, 3.8) is 0 Å². The van der Waals surface area contributed by atoms with Crippen LogP contribution in [0.2, 0.25) is 0 Å². The number of nitrogens with zero attached hydrogens (tertiary/aromatic N) is 2. The molecule has 0 aliphatic carbocycles. The molecule has 4 rings (SSSR count). The molecule has 1 fully saturated rings. The second-order valence-corrected chi connectivity index (χ2v) is 8.61. The minimum absolute atomic E-state index is 0.196. The van der Waals surface area contributed by atoms with Crippen LogP contribution in [0.1, 0.15) is 5.56 Å². The molecule has 0 atom stereocenters. The first-order valence-electron chi connectivity index (χ1n) is 9.68. The van der Waals surface area contributed by atoms with Gasteiger partial charge >= 0.3 is 0 Å². The van der Waals surface area contributed by atoms with Crippen LogP contribution in [-0.2, 0) is 14.4 Å². The summed E-state index contributed by atoms with van der Waals surface area (Å²) in [6.45, 7) is 3.72. The monoisotopic (exact) mass is 465 g/mol. The SMILES string of the molecule is C=CCN1C(=O)/C(=C2/C(=O)N(CC(=O)Nc3ccc(OC)cc3)c3ccccc32)SC1=S. The van der Waals surface area contributed by atoms with Gasteiger partial charge in [0.2, 0.25) is 5.91 Å². The second kappa shape index (κ2) is 8.97. The number of ether oxygens (including phenoxy) is 1. The Morgan fingerprint density at radius 3 is 2.53 bits per heavy atom. The Labute approximate surface area is 194 Å². The molecule has 0 aromatic heterocycles. The lowest BCUT2D eigenvalue weighted by atomic mass is 10.1. The lowest BCUT2D eigenvalue weighted by Crippen LogP contribution is -2.35. The van der Waals surface area contributed by atoms with Crippen molar-refractivity contribution in [2.45, 2.75) is 0 Å². The molecular formula is C23H19N3O4S2. The number of amides is 3. The van der Waals surface area contributed by atoms with Gasteiger partial charge in [-0.1, -0.05) is 48.3 Å². The van der Waals surface area contributed by atoms with E-state index in [1.165, 1.54) is 9.80 Å². The third kappa shape index (κ3) is 3.92. The first kappa shape index (κ1) is 21.8. The van der Waals surface area contributed by atoms with Crippen molar-refractivity contribution in [1.82, 2.24) is 4.90 Å². The molecule has 2 heterocycles. The van der Waals surface area contributed by atoms with Crippen LogP contribution in [0.25, 0.3) is 5.57 Å². The van der Waals surface area contributed by atoms with E-state index in [-0.39, 0.29) is 35.4 Å². The molecule has 1 N–H and O–H groups in total. The van der Waals surface area contributed by atoms with Crippen LogP contribution in [0.5, 0.6) is 5.75 Å². The molecule has 162 valence electrons. The van der Waals surface area contributed by atoms with Gasteiger partial charge in [-0.15, -0.1) is 6.58 Å². The van der Waals surface area contributed by atoms with Crippen molar-refractivity contribution < 1.29 is 19.1 Å². The van der Waals surface area contributed by atoms with E-state index in [4.69, 9.17) is 17.0 Å². The molecule has 0 bridgehead atoms. The van der Waals surface area contributed by atoms with Crippen LogP contribution in [0.3, 0.4) is 0 Å². The highest BCUT2D eigenvalue weighted by atomic mass is 32.2. The maximum absolute atomic E-state index is 13.4. The molecule has 2 aliphatic heterocycles. The van der Waals surface area contributed by atoms with E-state index in [1.807, 2.05) is 0 Å². The average molecular weight is 466 g/mol. The molecule has 2 aromatic rings. The first-order chi connectivity index (χ1) is 15.4. The zero-order valence-corrected chi connectivity index (χ0v) is 18.8. The van der Waals surface area contributed by atoms with Crippen LogP contribution in [0.15, 0.2) is 66.1 Å². The molecule has 2 aromatic carbocycles. The smallest absolute Gasteiger partial charge is 0.267 e. The van der Waals surface area contributed by atoms with Gasteiger partial charge < -0.3 is 10.1 Å². The van der Waals surface area contributed by atoms with Crippen LogP contribution >= 0.6 is 24.0 Å². The normalized spacial score (nSPS) is 17.6. The first-order valence-corrected chi connectivity index (χ1v) is 10.9. The second-order valence-electron chi connectivity index (χ2n) is 6.96. The van der Waals surface area contributed by atoms with Gasteiger partial charge in [0.05, 0.1) is 23.3 Å². The number of carbonyl (C=O) groups is 3. The summed E-state index contributed by atoms with van der Waals surface area (Å²) >= 11 is 6.40. The molecule has 0 radical (unpaired) electrons. The summed E-state index contributed by atoms with van der Waals surface area (Å²) in [5.41, 5.74) is 2.03. The fourth-order valence-electron chi connectivity index (χ4n) is 3.51. The van der Waals surface area contributed by atoms with Gasteiger partial charge in [0.15, 0.2) is 0 Å². The lowest BCUT2D eigenvalue weighted by Gasteiger charge is -2.17. The molecule has 0 spiro atoms. The molecule has 0 saturated carbocycles. The molecule has 32 heavy (non-hydrogen) atoms. The molecule has 1 saturated heterocycles. The summed E-state index contributed by atoms with van der Waals surface area (Å²) in [5.74, 6) is -0.429. The Balaban J connectivity index is 1.62. The molecule has 7 nitrogen and oxygen atoms in total. The van der Waals surface area contributed by atoms with Crippen molar-refractivity contribution in [2.75, 3.05) is 30.4 Å². The number of carbonyl (C=O) groups excluding carboxylic acids is 3. The number of hydrogen-bond donors (Lipinski definition) is 1. The Hall–Kier alpha value is -3.43. The number of rotatable bonds is 6. The number of hydrogen-bond acceptors (Lipinski definition) is 6. The van der Waals surface area contributed by atoms with E-state index in [2.05, 4.69) is 11.9 Å². The zero-order chi connectivity index (χ0) is 22.8. The summed E-state index contributed by atoms with van der Waals surface area (Å²) in [7, 11) is 1.56. The number of nitrogens with one attached hydrogen (secondary N) is 1. The van der Waals surface area contributed by atoms with E-state index in [1.54, 1.807) is 61.7 Å². The van der Waals surface area contributed by atoms with E-state index in [0.29, 0.717) is 27.0 Å². The van der Waals surface area contributed by atoms with Crippen molar-refractivity contribution in [1.29, 1.82) is 0 Å². The number of para-hydroxylation sites is 1. The highest BCUT2D eigenvalue weighted by Gasteiger charge is 2.42. The van der Waals surface area contributed by atoms with E-state index >= 15 is 0 Å². The van der Waals surface area contributed by atoms with Crippen LogP contribution in [0.4, 0.5) is 11.4 Å². The Morgan fingerprint density at radius 1 is 1.12 bits per heavy atom. The van der Waals surface area contributed by atoms with Crippen LogP contribution in [-0.4, -0.2) is 47.1 Å². The average Bonchev–Trinajstić information content (AvgIpc) is 3.22. The summed E-state index contributed by atoms with van der Waals surface area (Å²) in [4.78, 5) is 42.0. The number of benzene rings is 2.